The lowest BCUT2D eigenvalue weighted by Crippen LogP contribution is -2.23. The molecule has 62 valence electrons. The molecule has 0 N–H and O–H groups in total. The molecule has 4 heteroatoms. The van der Waals surface area contributed by atoms with Crippen LogP contribution in [0.3, 0.4) is 0 Å². The number of likely N-dealkylation sites (N-methyl/N-ethyl adjacent to an activating group) is 1. The molecule has 2 fully saturated rings. The molecule has 0 radical (unpaired) electrons. The molecule has 2 heterocycles. The zero-order chi connectivity index (χ0) is 7.84. The van der Waals surface area contributed by atoms with Gasteiger partial charge in [0.05, 0.1) is 0 Å². The maximum atomic E-state index is 10.6. The predicted molar refractivity (Wildman–Crippen MR) is 37.3 cm³/mol. The van der Waals surface area contributed by atoms with Crippen LogP contribution in [0.25, 0.3) is 0 Å². The highest BCUT2D eigenvalue weighted by Gasteiger charge is 2.43. The molecule has 2 rings (SSSR count). The van der Waals surface area contributed by atoms with Gasteiger partial charge in [0.15, 0.2) is 12.2 Å². The Kier molecular flexibility index (Phi) is 1.49. The molecule has 0 aromatic heterocycles. The number of carbonyl (C=O) groups is 1. The van der Waals surface area contributed by atoms with E-state index >= 15 is 0 Å². The molecule has 0 bridgehead atoms. The van der Waals surface area contributed by atoms with E-state index in [0.717, 1.165) is 19.6 Å². The van der Waals surface area contributed by atoms with Gasteiger partial charge in [0.25, 0.3) is 0 Å². The van der Waals surface area contributed by atoms with E-state index in [0.29, 0.717) is 0 Å². The lowest BCUT2D eigenvalue weighted by Gasteiger charge is -2.11. The van der Waals surface area contributed by atoms with Crippen molar-refractivity contribution in [1.82, 2.24) is 4.90 Å². The molecule has 0 saturated carbocycles. The molecule has 0 aromatic rings. The van der Waals surface area contributed by atoms with Gasteiger partial charge >= 0.3 is 6.16 Å². The first-order valence-electron chi connectivity index (χ1n) is 3.89. The summed E-state index contributed by atoms with van der Waals surface area (Å²) < 4.78 is 9.83. The second-order valence-corrected chi connectivity index (χ2v) is 2.91. The largest absolute Gasteiger partial charge is 0.509 e. The minimum atomic E-state index is -0.504. The van der Waals surface area contributed by atoms with E-state index in [4.69, 9.17) is 9.47 Å². The fourth-order valence-electron chi connectivity index (χ4n) is 1.58. The Labute approximate surface area is 65.1 Å². The zero-order valence-corrected chi connectivity index (χ0v) is 6.45. The van der Waals surface area contributed by atoms with E-state index in [1.807, 2.05) is 0 Å². The molecule has 4 nitrogen and oxygen atoms in total. The third-order valence-corrected chi connectivity index (χ3v) is 2.23. The topological polar surface area (TPSA) is 38.8 Å². The first kappa shape index (κ1) is 6.91. The second kappa shape index (κ2) is 2.37. The molecular formula is C7H11NO3. The summed E-state index contributed by atoms with van der Waals surface area (Å²) in [7, 11) is 0. The first-order chi connectivity index (χ1) is 5.29. The van der Waals surface area contributed by atoms with Gasteiger partial charge in [-0.2, -0.15) is 0 Å². The van der Waals surface area contributed by atoms with E-state index in [2.05, 4.69) is 11.8 Å². The summed E-state index contributed by atoms with van der Waals surface area (Å²) in [6.45, 7) is 4.73. The Morgan fingerprint density at radius 1 is 1.45 bits per heavy atom. The maximum Gasteiger partial charge on any atom is 0.509 e. The summed E-state index contributed by atoms with van der Waals surface area (Å²) >= 11 is 0. The summed E-state index contributed by atoms with van der Waals surface area (Å²) in [6.07, 6.45) is -0.527. The highest BCUT2D eigenvalue weighted by atomic mass is 16.8. The quantitative estimate of drug-likeness (QED) is 0.510. The predicted octanol–water partition coefficient (Wildman–Crippen LogP) is 0.226. The van der Waals surface area contributed by atoms with E-state index in [1.54, 1.807) is 0 Å². The normalized spacial score (nSPS) is 36.6. The zero-order valence-electron chi connectivity index (χ0n) is 6.45. The van der Waals surface area contributed by atoms with E-state index in [1.165, 1.54) is 0 Å². The summed E-state index contributed by atoms with van der Waals surface area (Å²) in [6, 6.07) is 0. The van der Waals surface area contributed by atoms with Gasteiger partial charge < -0.3 is 9.47 Å². The van der Waals surface area contributed by atoms with E-state index < -0.39 is 6.16 Å². The van der Waals surface area contributed by atoms with Gasteiger partial charge in [-0.15, -0.1) is 0 Å². The first-order valence-corrected chi connectivity index (χ1v) is 3.89. The minimum absolute atomic E-state index is 0.0116. The molecule has 2 unspecified atom stereocenters. The fraction of sp³-hybridized carbons (Fsp3) is 0.857. The third kappa shape index (κ3) is 1.07. The summed E-state index contributed by atoms with van der Waals surface area (Å²) in [5.74, 6) is 0. The van der Waals surface area contributed by atoms with Gasteiger partial charge in [0, 0.05) is 13.1 Å². The van der Waals surface area contributed by atoms with Crippen LogP contribution < -0.4 is 0 Å². The van der Waals surface area contributed by atoms with Crippen LogP contribution in [0.5, 0.6) is 0 Å². The van der Waals surface area contributed by atoms with Gasteiger partial charge in [-0.05, 0) is 6.54 Å². The van der Waals surface area contributed by atoms with Gasteiger partial charge in [0.1, 0.15) is 0 Å². The van der Waals surface area contributed by atoms with Crippen LogP contribution in [0.2, 0.25) is 0 Å². The Hall–Kier alpha value is -0.770. The number of nitrogens with zero attached hydrogens (tertiary/aromatic N) is 1. The van der Waals surface area contributed by atoms with Gasteiger partial charge in [0.2, 0.25) is 0 Å². The number of likely N-dealkylation sites (tertiary alicyclic amines) is 1. The van der Waals surface area contributed by atoms with Crippen molar-refractivity contribution < 1.29 is 14.3 Å². The number of fused-ring (bicyclic) bond motifs is 1. The van der Waals surface area contributed by atoms with Crippen molar-refractivity contribution in [2.24, 2.45) is 0 Å². The van der Waals surface area contributed by atoms with Crippen molar-refractivity contribution in [3.05, 3.63) is 0 Å². The van der Waals surface area contributed by atoms with E-state index in [-0.39, 0.29) is 12.2 Å². The highest BCUT2D eigenvalue weighted by Crippen LogP contribution is 2.22. The Morgan fingerprint density at radius 2 is 2.00 bits per heavy atom. The van der Waals surface area contributed by atoms with Crippen molar-refractivity contribution in [3.8, 4) is 0 Å². The molecule has 0 amide bonds. The summed E-state index contributed by atoms with van der Waals surface area (Å²) in [4.78, 5) is 12.8. The second-order valence-electron chi connectivity index (χ2n) is 2.91. The van der Waals surface area contributed by atoms with Crippen LogP contribution in [0.15, 0.2) is 0 Å². The fourth-order valence-corrected chi connectivity index (χ4v) is 1.58. The third-order valence-electron chi connectivity index (χ3n) is 2.23. The molecule has 2 aliphatic rings. The molecule has 11 heavy (non-hydrogen) atoms. The maximum absolute atomic E-state index is 10.6. The lowest BCUT2D eigenvalue weighted by atomic mass is 10.3. The van der Waals surface area contributed by atoms with Gasteiger partial charge in [-0.3, -0.25) is 4.90 Å². The SMILES string of the molecule is CCN1CC2OC(=O)OC2C1. The van der Waals surface area contributed by atoms with Gasteiger partial charge in [-0.25, -0.2) is 4.79 Å². The van der Waals surface area contributed by atoms with Crippen LogP contribution in [0.1, 0.15) is 6.92 Å². The number of ether oxygens (including phenoxy) is 2. The Bertz CT molecular complexity index is 167. The number of rotatable bonds is 1. The average molecular weight is 157 g/mol. The van der Waals surface area contributed by atoms with Gasteiger partial charge in [-0.1, -0.05) is 6.92 Å². The van der Waals surface area contributed by atoms with Crippen LogP contribution in [0.4, 0.5) is 4.79 Å². The minimum Gasteiger partial charge on any atom is -0.426 e. The summed E-state index contributed by atoms with van der Waals surface area (Å²) in [5, 5.41) is 0. The van der Waals surface area contributed by atoms with Crippen molar-refractivity contribution in [3.63, 3.8) is 0 Å². The lowest BCUT2D eigenvalue weighted by molar-refractivity contribution is 0.0972. The molecule has 2 atom stereocenters. The number of carbonyl (C=O) groups excluding carboxylic acids is 1. The van der Waals surface area contributed by atoms with E-state index in [9.17, 15) is 4.79 Å². The number of hydrogen-bond acceptors (Lipinski definition) is 4. The van der Waals surface area contributed by atoms with Crippen molar-refractivity contribution >= 4 is 6.16 Å². The van der Waals surface area contributed by atoms with Crippen molar-refractivity contribution in [2.45, 2.75) is 19.1 Å². The molecule has 0 aliphatic carbocycles. The van der Waals surface area contributed by atoms with Crippen LogP contribution in [0, 0.1) is 0 Å². The highest BCUT2D eigenvalue weighted by molar-refractivity contribution is 5.62. The average Bonchev–Trinajstić information content (AvgIpc) is 2.43. The standard InChI is InChI=1S/C7H11NO3/c1-2-8-3-5-6(4-8)11-7(9)10-5/h5-6H,2-4H2,1H3. The smallest absolute Gasteiger partial charge is 0.426 e. The molecule has 0 spiro atoms. The summed E-state index contributed by atoms with van der Waals surface area (Å²) in [5.41, 5.74) is 0. The molecule has 0 aromatic carbocycles. The Morgan fingerprint density at radius 3 is 2.45 bits per heavy atom. The molecule has 2 aliphatic heterocycles. The van der Waals surface area contributed by atoms with Crippen molar-refractivity contribution in [1.29, 1.82) is 0 Å². The molecule has 2 saturated heterocycles. The number of hydrogen-bond donors (Lipinski definition) is 0. The van der Waals surface area contributed by atoms with Crippen molar-refractivity contribution in [2.75, 3.05) is 19.6 Å². The monoisotopic (exact) mass is 157 g/mol. The molecular weight excluding hydrogens is 146 g/mol. The van der Waals surface area contributed by atoms with Crippen LogP contribution in [-0.4, -0.2) is 42.9 Å². The van der Waals surface area contributed by atoms with Crippen LogP contribution in [-0.2, 0) is 9.47 Å². The Balaban J connectivity index is 1.98. The van der Waals surface area contributed by atoms with Crippen LogP contribution >= 0.6 is 0 Å².